The van der Waals surface area contributed by atoms with Crippen molar-refractivity contribution < 1.29 is 14.3 Å². The zero-order valence-electron chi connectivity index (χ0n) is 13.1. The Labute approximate surface area is 121 Å². The number of nitrogens with zero attached hydrogens (tertiary/aromatic N) is 1. The SMILES string of the molecule is COC(=O)[C@H]1[C@H](C(C)C)CC[C@]1(C)C(=O)N1CCCC1. The molecule has 0 N–H and O–H groups in total. The highest BCUT2D eigenvalue weighted by molar-refractivity contribution is 5.89. The molecule has 1 saturated heterocycles. The Kier molecular flexibility index (Phi) is 4.40. The molecule has 20 heavy (non-hydrogen) atoms. The first-order chi connectivity index (χ1) is 9.41. The third-order valence-corrected chi connectivity index (χ3v) is 5.30. The molecule has 0 aromatic carbocycles. The summed E-state index contributed by atoms with van der Waals surface area (Å²) in [6.07, 6.45) is 3.90. The summed E-state index contributed by atoms with van der Waals surface area (Å²) < 4.78 is 5.01. The summed E-state index contributed by atoms with van der Waals surface area (Å²) >= 11 is 0. The van der Waals surface area contributed by atoms with Crippen molar-refractivity contribution in [2.45, 2.75) is 46.5 Å². The lowest BCUT2D eigenvalue weighted by molar-refractivity contribution is -0.159. The normalized spacial score (nSPS) is 33.8. The maximum absolute atomic E-state index is 12.9. The fourth-order valence-corrected chi connectivity index (χ4v) is 4.06. The Morgan fingerprint density at radius 2 is 1.85 bits per heavy atom. The molecule has 1 heterocycles. The predicted octanol–water partition coefficient (Wildman–Crippen LogP) is 2.47. The molecule has 0 unspecified atom stereocenters. The second-order valence-electron chi connectivity index (χ2n) is 6.86. The van der Waals surface area contributed by atoms with Crippen LogP contribution in [0.15, 0.2) is 0 Å². The molecule has 1 saturated carbocycles. The van der Waals surface area contributed by atoms with E-state index in [2.05, 4.69) is 13.8 Å². The molecule has 0 radical (unpaired) electrons. The number of esters is 1. The maximum atomic E-state index is 12.9. The van der Waals surface area contributed by atoms with E-state index in [0.717, 1.165) is 38.8 Å². The van der Waals surface area contributed by atoms with Crippen LogP contribution in [-0.4, -0.2) is 37.0 Å². The standard InChI is InChI=1S/C16H27NO3/c1-11(2)12-7-8-16(3,13(12)14(18)20-4)15(19)17-9-5-6-10-17/h11-13H,5-10H2,1-4H3/t12-,13+,16-/m0/s1. The molecular formula is C16H27NO3. The number of methoxy groups -OCH3 is 1. The van der Waals surface area contributed by atoms with Crippen LogP contribution in [0.3, 0.4) is 0 Å². The van der Waals surface area contributed by atoms with Gasteiger partial charge in [-0.05, 0) is 44.4 Å². The molecule has 4 nitrogen and oxygen atoms in total. The van der Waals surface area contributed by atoms with Crippen molar-refractivity contribution in [1.82, 2.24) is 4.90 Å². The number of hydrogen-bond acceptors (Lipinski definition) is 3. The van der Waals surface area contributed by atoms with Crippen LogP contribution in [0.25, 0.3) is 0 Å². The molecule has 0 aromatic heterocycles. The number of carbonyl (C=O) groups excluding carboxylic acids is 2. The van der Waals surface area contributed by atoms with Gasteiger partial charge in [-0.1, -0.05) is 13.8 Å². The van der Waals surface area contributed by atoms with Gasteiger partial charge in [-0.25, -0.2) is 0 Å². The Hall–Kier alpha value is -1.06. The highest BCUT2D eigenvalue weighted by Gasteiger charge is 2.56. The second-order valence-corrected chi connectivity index (χ2v) is 6.86. The quantitative estimate of drug-likeness (QED) is 0.747. The van der Waals surface area contributed by atoms with E-state index in [0.29, 0.717) is 5.92 Å². The maximum Gasteiger partial charge on any atom is 0.310 e. The van der Waals surface area contributed by atoms with Gasteiger partial charge in [0.05, 0.1) is 18.4 Å². The van der Waals surface area contributed by atoms with E-state index in [1.165, 1.54) is 7.11 Å². The first kappa shape index (κ1) is 15.3. The van der Waals surface area contributed by atoms with Crippen LogP contribution in [0.1, 0.15) is 46.5 Å². The van der Waals surface area contributed by atoms with Gasteiger partial charge in [0.1, 0.15) is 0 Å². The average molecular weight is 281 g/mol. The van der Waals surface area contributed by atoms with E-state index in [1.54, 1.807) is 0 Å². The van der Waals surface area contributed by atoms with Gasteiger partial charge in [0.25, 0.3) is 0 Å². The third-order valence-electron chi connectivity index (χ3n) is 5.30. The van der Waals surface area contributed by atoms with Crippen LogP contribution in [0, 0.1) is 23.2 Å². The molecule has 0 aromatic rings. The van der Waals surface area contributed by atoms with Gasteiger partial charge in [0, 0.05) is 13.1 Å². The molecule has 0 spiro atoms. The van der Waals surface area contributed by atoms with Gasteiger partial charge in [0.2, 0.25) is 5.91 Å². The van der Waals surface area contributed by atoms with Gasteiger partial charge >= 0.3 is 5.97 Å². The molecule has 2 aliphatic rings. The van der Waals surface area contributed by atoms with E-state index in [9.17, 15) is 9.59 Å². The molecule has 2 fully saturated rings. The Morgan fingerprint density at radius 1 is 1.25 bits per heavy atom. The highest BCUT2D eigenvalue weighted by Crippen LogP contribution is 2.51. The van der Waals surface area contributed by atoms with Gasteiger partial charge in [-0.15, -0.1) is 0 Å². The van der Waals surface area contributed by atoms with Crippen molar-refractivity contribution >= 4 is 11.9 Å². The van der Waals surface area contributed by atoms with Gasteiger partial charge in [-0.2, -0.15) is 0 Å². The number of likely N-dealkylation sites (tertiary alicyclic amines) is 1. The number of carbonyl (C=O) groups is 2. The van der Waals surface area contributed by atoms with E-state index in [4.69, 9.17) is 4.74 Å². The van der Waals surface area contributed by atoms with Crippen molar-refractivity contribution in [3.05, 3.63) is 0 Å². The van der Waals surface area contributed by atoms with Gasteiger partial charge in [0.15, 0.2) is 0 Å². The molecule has 4 heteroatoms. The molecule has 1 amide bonds. The minimum absolute atomic E-state index is 0.161. The Balaban J connectivity index is 2.27. The lowest BCUT2D eigenvalue weighted by atomic mass is 9.73. The van der Waals surface area contributed by atoms with Crippen molar-refractivity contribution in [1.29, 1.82) is 0 Å². The van der Waals surface area contributed by atoms with Crippen LogP contribution in [0.5, 0.6) is 0 Å². The molecule has 0 bridgehead atoms. The van der Waals surface area contributed by atoms with Crippen molar-refractivity contribution in [3.63, 3.8) is 0 Å². The van der Waals surface area contributed by atoms with Crippen molar-refractivity contribution in [3.8, 4) is 0 Å². The number of rotatable bonds is 3. The summed E-state index contributed by atoms with van der Waals surface area (Å²) in [6.45, 7) is 7.92. The van der Waals surface area contributed by atoms with E-state index >= 15 is 0 Å². The summed E-state index contributed by atoms with van der Waals surface area (Å²) in [5.74, 6) is 0.303. The first-order valence-corrected chi connectivity index (χ1v) is 7.79. The molecule has 1 aliphatic heterocycles. The lowest BCUT2D eigenvalue weighted by Crippen LogP contribution is -2.47. The summed E-state index contributed by atoms with van der Waals surface area (Å²) in [4.78, 5) is 27.1. The second kappa shape index (κ2) is 5.74. The van der Waals surface area contributed by atoms with Gasteiger partial charge < -0.3 is 9.64 Å². The molecule has 1 aliphatic carbocycles. The van der Waals surface area contributed by atoms with Crippen LogP contribution in [0.4, 0.5) is 0 Å². The number of hydrogen-bond donors (Lipinski definition) is 0. The molecule has 2 rings (SSSR count). The molecule has 114 valence electrons. The molecular weight excluding hydrogens is 254 g/mol. The van der Waals surface area contributed by atoms with E-state index < -0.39 is 5.41 Å². The lowest BCUT2D eigenvalue weighted by Gasteiger charge is -2.35. The fraction of sp³-hybridized carbons (Fsp3) is 0.875. The summed E-state index contributed by atoms with van der Waals surface area (Å²) in [6, 6.07) is 0. The Bertz CT molecular complexity index is 387. The number of ether oxygens (including phenoxy) is 1. The first-order valence-electron chi connectivity index (χ1n) is 7.79. The van der Waals surface area contributed by atoms with Crippen LogP contribution in [0.2, 0.25) is 0 Å². The number of amides is 1. The summed E-state index contributed by atoms with van der Waals surface area (Å²) in [7, 11) is 1.43. The predicted molar refractivity (Wildman–Crippen MR) is 77.0 cm³/mol. The third kappa shape index (κ3) is 2.45. The Morgan fingerprint density at radius 3 is 2.35 bits per heavy atom. The van der Waals surface area contributed by atoms with E-state index in [1.807, 2.05) is 11.8 Å². The fourth-order valence-electron chi connectivity index (χ4n) is 4.06. The van der Waals surface area contributed by atoms with Crippen molar-refractivity contribution in [2.75, 3.05) is 20.2 Å². The smallest absolute Gasteiger partial charge is 0.310 e. The average Bonchev–Trinajstić information content (AvgIpc) is 3.05. The minimum atomic E-state index is -0.577. The zero-order valence-corrected chi connectivity index (χ0v) is 13.1. The van der Waals surface area contributed by atoms with E-state index in [-0.39, 0.29) is 23.7 Å². The zero-order chi connectivity index (χ0) is 14.9. The largest absolute Gasteiger partial charge is 0.469 e. The van der Waals surface area contributed by atoms with Gasteiger partial charge in [-0.3, -0.25) is 9.59 Å². The van der Waals surface area contributed by atoms with Crippen LogP contribution >= 0.6 is 0 Å². The monoisotopic (exact) mass is 281 g/mol. The molecule has 3 atom stereocenters. The van der Waals surface area contributed by atoms with Crippen LogP contribution in [-0.2, 0) is 14.3 Å². The van der Waals surface area contributed by atoms with Crippen LogP contribution < -0.4 is 0 Å². The topological polar surface area (TPSA) is 46.6 Å². The summed E-state index contributed by atoms with van der Waals surface area (Å²) in [5, 5.41) is 0. The summed E-state index contributed by atoms with van der Waals surface area (Å²) in [5.41, 5.74) is -0.577. The van der Waals surface area contributed by atoms with Crippen molar-refractivity contribution in [2.24, 2.45) is 23.2 Å². The highest BCUT2D eigenvalue weighted by atomic mass is 16.5. The minimum Gasteiger partial charge on any atom is -0.469 e.